The van der Waals surface area contributed by atoms with E-state index in [1.165, 1.54) is 0 Å². The quantitative estimate of drug-likeness (QED) is 0.853. The number of nitrogens with two attached hydrogens (primary N) is 1. The number of nitrogens with zero attached hydrogens (tertiary/aromatic N) is 2. The molecule has 0 amide bonds. The van der Waals surface area contributed by atoms with Gasteiger partial charge in [-0.25, -0.2) is 8.42 Å². The highest BCUT2D eigenvalue weighted by Gasteiger charge is 2.27. The maximum Gasteiger partial charge on any atom is 0.156 e. The minimum atomic E-state index is -2.95. The molecule has 0 saturated carbocycles. The molecule has 1 aliphatic heterocycles. The molecule has 0 spiro atoms. The summed E-state index contributed by atoms with van der Waals surface area (Å²) >= 11 is 0. The van der Waals surface area contributed by atoms with Crippen LogP contribution in [-0.2, 0) is 35.1 Å². The van der Waals surface area contributed by atoms with Gasteiger partial charge in [0.25, 0.3) is 0 Å². The van der Waals surface area contributed by atoms with E-state index < -0.39 is 9.84 Å². The monoisotopic (exact) mass is 257 g/mol. The summed E-state index contributed by atoms with van der Waals surface area (Å²) < 4.78 is 25.0. The Hall–Kier alpha value is -0.880. The third kappa shape index (κ3) is 2.52. The normalized spacial score (nSPS) is 18.4. The van der Waals surface area contributed by atoms with Gasteiger partial charge in [-0.1, -0.05) is 13.8 Å². The molecule has 0 atom stereocenters. The Balaban J connectivity index is 2.41. The summed E-state index contributed by atoms with van der Waals surface area (Å²) in [4.78, 5) is 0. The first-order valence-corrected chi connectivity index (χ1v) is 7.73. The van der Waals surface area contributed by atoms with Gasteiger partial charge < -0.3 is 5.73 Å². The highest BCUT2D eigenvalue weighted by molar-refractivity contribution is 7.90. The Bertz CT molecular complexity index is 517. The van der Waals surface area contributed by atoms with E-state index in [1.807, 2.05) is 4.68 Å². The first kappa shape index (κ1) is 12.6. The standard InChI is InChI=1S/C11H19N3O2S/c1-8(2)6-14-11(5-12)9-3-4-17(15,16)7-10(9)13-14/h8H,3-7,12H2,1-2H3. The fourth-order valence-electron chi connectivity index (χ4n) is 2.26. The van der Waals surface area contributed by atoms with Gasteiger partial charge in [-0.05, 0) is 17.9 Å². The van der Waals surface area contributed by atoms with Gasteiger partial charge in [-0.3, -0.25) is 4.68 Å². The van der Waals surface area contributed by atoms with Crippen molar-refractivity contribution in [2.45, 2.75) is 39.1 Å². The Morgan fingerprint density at radius 3 is 2.76 bits per heavy atom. The van der Waals surface area contributed by atoms with Gasteiger partial charge in [-0.2, -0.15) is 5.10 Å². The average Bonchev–Trinajstić information content (AvgIpc) is 2.51. The summed E-state index contributed by atoms with van der Waals surface area (Å²) in [5, 5.41) is 4.41. The van der Waals surface area contributed by atoms with Crippen molar-refractivity contribution in [1.82, 2.24) is 9.78 Å². The highest BCUT2D eigenvalue weighted by atomic mass is 32.2. The maximum atomic E-state index is 11.6. The van der Waals surface area contributed by atoms with Gasteiger partial charge in [0.15, 0.2) is 9.84 Å². The zero-order valence-electron chi connectivity index (χ0n) is 10.3. The van der Waals surface area contributed by atoms with E-state index in [0.717, 1.165) is 17.8 Å². The van der Waals surface area contributed by atoms with E-state index in [9.17, 15) is 8.42 Å². The number of hydrogen-bond donors (Lipinski definition) is 1. The van der Waals surface area contributed by atoms with Crippen LogP contribution in [-0.4, -0.2) is 24.0 Å². The zero-order valence-corrected chi connectivity index (χ0v) is 11.1. The van der Waals surface area contributed by atoms with Crippen LogP contribution < -0.4 is 5.73 Å². The molecule has 2 N–H and O–H groups in total. The van der Waals surface area contributed by atoms with Crippen LogP contribution in [0.15, 0.2) is 0 Å². The summed E-state index contributed by atoms with van der Waals surface area (Å²) in [5.41, 5.74) is 8.52. The first-order valence-electron chi connectivity index (χ1n) is 5.91. The molecule has 6 heteroatoms. The Morgan fingerprint density at radius 1 is 1.47 bits per heavy atom. The van der Waals surface area contributed by atoms with Crippen LogP contribution in [0, 0.1) is 5.92 Å². The molecule has 1 aromatic heterocycles. The summed E-state index contributed by atoms with van der Waals surface area (Å²) in [6.07, 6.45) is 0.558. The lowest BCUT2D eigenvalue weighted by Gasteiger charge is -2.12. The van der Waals surface area contributed by atoms with Gasteiger partial charge in [0, 0.05) is 13.1 Å². The Kier molecular flexibility index (Phi) is 3.27. The Morgan fingerprint density at radius 2 is 2.18 bits per heavy atom. The SMILES string of the molecule is CC(C)Cn1nc2c(c1CN)CCS(=O)(=O)C2. The van der Waals surface area contributed by atoms with Gasteiger partial charge in [0.2, 0.25) is 0 Å². The molecule has 2 rings (SSSR count). The minimum Gasteiger partial charge on any atom is -0.325 e. The van der Waals surface area contributed by atoms with Crippen molar-refractivity contribution in [1.29, 1.82) is 0 Å². The van der Waals surface area contributed by atoms with Crippen LogP contribution in [0.2, 0.25) is 0 Å². The lowest BCUT2D eigenvalue weighted by molar-refractivity contribution is 0.466. The predicted octanol–water partition coefficient (Wildman–Crippen LogP) is 0.469. The lowest BCUT2D eigenvalue weighted by atomic mass is 10.1. The largest absolute Gasteiger partial charge is 0.325 e. The molecule has 0 fully saturated rings. The Labute approximate surface area is 102 Å². The minimum absolute atomic E-state index is 0.0699. The molecule has 0 radical (unpaired) electrons. The summed E-state index contributed by atoms with van der Waals surface area (Å²) in [7, 11) is -2.95. The molecule has 0 aliphatic carbocycles. The number of aromatic nitrogens is 2. The van der Waals surface area contributed by atoms with E-state index in [4.69, 9.17) is 5.73 Å². The second-order valence-corrected chi connectivity index (χ2v) is 7.18. The number of fused-ring (bicyclic) bond motifs is 1. The molecule has 1 aromatic rings. The van der Waals surface area contributed by atoms with E-state index in [-0.39, 0.29) is 11.5 Å². The molecule has 0 aromatic carbocycles. The topological polar surface area (TPSA) is 78.0 Å². The summed E-state index contributed by atoms with van der Waals surface area (Å²) in [5.74, 6) is 0.763. The zero-order chi connectivity index (χ0) is 12.6. The number of sulfone groups is 1. The van der Waals surface area contributed by atoms with Crippen LogP contribution in [0.4, 0.5) is 0 Å². The second-order valence-electron chi connectivity index (χ2n) is 4.99. The fourth-order valence-corrected chi connectivity index (χ4v) is 3.56. The molecule has 17 heavy (non-hydrogen) atoms. The van der Waals surface area contributed by atoms with Crippen LogP contribution in [0.25, 0.3) is 0 Å². The van der Waals surface area contributed by atoms with Crippen LogP contribution >= 0.6 is 0 Å². The predicted molar refractivity (Wildman–Crippen MR) is 66.2 cm³/mol. The smallest absolute Gasteiger partial charge is 0.156 e. The molecular weight excluding hydrogens is 238 g/mol. The molecule has 2 heterocycles. The van der Waals surface area contributed by atoms with Gasteiger partial charge in [-0.15, -0.1) is 0 Å². The van der Waals surface area contributed by atoms with Crippen molar-refractivity contribution < 1.29 is 8.42 Å². The van der Waals surface area contributed by atoms with Crippen molar-refractivity contribution in [3.8, 4) is 0 Å². The lowest BCUT2D eigenvalue weighted by Crippen LogP contribution is -2.19. The molecule has 0 unspecified atom stereocenters. The van der Waals surface area contributed by atoms with Gasteiger partial charge in [0.1, 0.15) is 0 Å². The molecule has 96 valence electrons. The summed E-state index contributed by atoms with van der Waals surface area (Å²) in [6.45, 7) is 5.43. The van der Waals surface area contributed by atoms with Gasteiger partial charge in [0.05, 0.1) is 22.9 Å². The van der Waals surface area contributed by atoms with Gasteiger partial charge >= 0.3 is 0 Å². The summed E-state index contributed by atoms with van der Waals surface area (Å²) in [6, 6.07) is 0. The van der Waals surface area contributed by atoms with E-state index in [2.05, 4.69) is 18.9 Å². The molecule has 0 saturated heterocycles. The van der Waals surface area contributed by atoms with E-state index in [1.54, 1.807) is 0 Å². The highest BCUT2D eigenvalue weighted by Crippen LogP contribution is 2.23. The van der Waals surface area contributed by atoms with Crippen molar-refractivity contribution in [3.63, 3.8) is 0 Å². The van der Waals surface area contributed by atoms with Crippen molar-refractivity contribution in [2.24, 2.45) is 11.7 Å². The third-order valence-corrected chi connectivity index (χ3v) is 4.54. The number of rotatable bonds is 3. The number of hydrogen-bond acceptors (Lipinski definition) is 4. The molecule has 0 bridgehead atoms. The van der Waals surface area contributed by atoms with Crippen LogP contribution in [0.1, 0.15) is 30.8 Å². The molecule has 1 aliphatic rings. The molecular formula is C11H19N3O2S. The third-order valence-electron chi connectivity index (χ3n) is 3.00. The average molecular weight is 257 g/mol. The van der Waals surface area contributed by atoms with Crippen LogP contribution in [0.3, 0.4) is 0 Å². The van der Waals surface area contributed by atoms with Crippen LogP contribution in [0.5, 0.6) is 0 Å². The maximum absolute atomic E-state index is 11.6. The van der Waals surface area contributed by atoms with E-state index in [0.29, 0.717) is 24.6 Å². The van der Waals surface area contributed by atoms with Crippen molar-refractivity contribution in [2.75, 3.05) is 5.75 Å². The first-order chi connectivity index (χ1) is 7.93. The second kappa shape index (κ2) is 4.42. The van der Waals surface area contributed by atoms with Crippen molar-refractivity contribution >= 4 is 9.84 Å². The molecule has 5 nitrogen and oxygen atoms in total. The van der Waals surface area contributed by atoms with Crippen molar-refractivity contribution in [3.05, 3.63) is 17.0 Å². The van der Waals surface area contributed by atoms with E-state index >= 15 is 0 Å². The fraction of sp³-hybridized carbons (Fsp3) is 0.727.